The quantitative estimate of drug-likeness (QED) is 0.789. The highest BCUT2D eigenvalue weighted by molar-refractivity contribution is 6.00. The number of hydrogen-bond acceptors (Lipinski definition) is 4. The highest BCUT2D eigenvalue weighted by Gasteiger charge is 2.23. The molecule has 1 amide bonds. The van der Waals surface area contributed by atoms with Crippen molar-refractivity contribution < 1.29 is 9.53 Å². The number of ether oxygens (including phenoxy) is 1. The van der Waals surface area contributed by atoms with Crippen LogP contribution in [-0.4, -0.2) is 15.7 Å². The van der Waals surface area contributed by atoms with E-state index in [-0.39, 0.29) is 5.91 Å². The molecule has 3 aromatic rings. The number of fused-ring (bicyclic) bond motifs is 1. The second kappa shape index (κ2) is 6.37. The predicted octanol–water partition coefficient (Wildman–Crippen LogP) is 2.78. The molecule has 6 heteroatoms. The van der Waals surface area contributed by atoms with Crippen LogP contribution in [0.3, 0.4) is 0 Å². The summed E-state index contributed by atoms with van der Waals surface area (Å²) in [5, 5.41) is 16.6. The molecule has 1 N–H and O–H groups in total. The van der Waals surface area contributed by atoms with Crippen molar-refractivity contribution in [2.75, 3.05) is 0 Å². The molecule has 0 saturated carbocycles. The number of nitrogens with one attached hydrogen (secondary N) is 1. The number of rotatable bonds is 4. The van der Waals surface area contributed by atoms with Gasteiger partial charge in [0, 0.05) is 36.5 Å². The number of carbonyl (C=O) groups is 1. The molecule has 1 aliphatic rings. The van der Waals surface area contributed by atoms with Crippen LogP contribution in [-0.2, 0) is 20.2 Å². The maximum Gasteiger partial charge on any atom is 0.251 e. The number of aryl methyl sites for hydroxylation is 1. The summed E-state index contributed by atoms with van der Waals surface area (Å²) in [5.41, 5.74) is 4.33. The van der Waals surface area contributed by atoms with Gasteiger partial charge in [0.2, 0.25) is 0 Å². The first-order valence-electron chi connectivity index (χ1n) is 8.21. The molecule has 1 aliphatic heterocycles. The van der Waals surface area contributed by atoms with Crippen molar-refractivity contribution in [2.24, 2.45) is 7.05 Å². The van der Waals surface area contributed by atoms with Gasteiger partial charge in [-0.25, -0.2) is 0 Å². The van der Waals surface area contributed by atoms with E-state index in [2.05, 4.69) is 16.5 Å². The van der Waals surface area contributed by atoms with Crippen LogP contribution < -0.4 is 10.1 Å². The van der Waals surface area contributed by atoms with Gasteiger partial charge in [0.1, 0.15) is 12.4 Å². The van der Waals surface area contributed by atoms with Gasteiger partial charge >= 0.3 is 0 Å². The number of benzene rings is 2. The minimum Gasteiger partial charge on any atom is -0.487 e. The normalized spacial score (nSPS) is 12.4. The second-order valence-corrected chi connectivity index (χ2v) is 6.11. The molecule has 2 heterocycles. The third kappa shape index (κ3) is 2.80. The van der Waals surface area contributed by atoms with Crippen molar-refractivity contribution in [1.82, 2.24) is 15.1 Å². The number of carbonyl (C=O) groups excluding carboxylic acids is 1. The average Bonchev–Trinajstić information content (AvgIpc) is 3.24. The molecule has 6 nitrogen and oxygen atoms in total. The van der Waals surface area contributed by atoms with Crippen molar-refractivity contribution in [3.05, 3.63) is 71.0 Å². The molecule has 0 spiro atoms. The molecule has 0 radical (unpaired) electrons. The van der Waals surface area contributed by atoms with Gasteiger partial charge in [-0.2, -0.15) is 10.4 Å². The predicted molar refractivity (Wildman–Crippen MR) is 95.3 cm³/mol. The average molecular weight is 344 g/mol. The SMILES string of the molecule is Cn1ccc(COc2cc3c(cc2-c2ccccc2C#N)C(=O)NC3)n1. The topological polar surface area (TPSA) is 79.9 Å². The molecule has 4 rings (SSSR count). The van der Waals surface area contributed by atoms with Crippen LogP contribution in [0.4, 0.5) is 0 Å². The molecule has 2 aromatic carbocycles. The van der Waals surface area contributed by atoms with Crippen molar-refractivity contribution in [3.63, 3.8) is 0 Å². The van der Waals surface area contributed by atoms with E-state index in [4.69, 9.17) is 4.74 Å². The zero-order chi connectivity index (χ0) is 18.1. The molecule has 26 heavy (non-hydrogen) atoms. The van der Waals surface area contributed by atoms with Gasteiger partial charge in [0.15, 0.2) is 0 Å². The summed E-state index contributed by atoms with van der Waals surface area (Å²) in [4.78, 5) is 12.1. The summed E-state index contributed by atoms with van der Waals surface area (Å²) >= 11 is 0. The number of hydrogen-bond donors (Lipinski definition) is 1. The lowest BCUT2D eigenvalue weighted by atomic mass is 9.96. The lowest BCUT2D eigenvalue weighted by Gasteiger charge is -2.14. The summed E-state index contributed by atoms with van der Waals surface area (Å²) in [6, 6.07) is 15.1. The van der Waals surface area contributed by atoms with Crippen LogP contribution in [0.1, 0.15) is 27.2 Å². The minimum atomic E-state index is -0.105. The molecule has 1 aromatic heterocycles. The van der Waals surface area contributed by atoms with Crippen LogP contribution in [0.15, 0.2) is 48.7 Å². The third-order valence-corrected chi connectivity index (χ3v) is 4.37. The Morgan fingerprint density at radius 2 is 2.08 bits per heavy atom. The Bertz CT molecular complexity index is 1050. The molecule has 0 atom stereocenters. The fraction of sp³-hybridized carbons (Fsp3) is 0.150. The van der Waals surface area contributed by atoms with Crippen molar-refractivity contribution in [1.29, 1.82) is 5.26 Å². The van der Waals surface area contributed by atoms with E-state index in [1.54, 1.807) is 10.7 Å². The van der Waals surface area contributed by atoms with Crippen molar-refractivity contribution >= 4 is 5.91 Å². The van der Waals surface area contributed by atoms with Crippen molar-refractivity contribution in [3.8, 4) is 22.9 Å². The zero-order valence-corrected chi connectivity index (χ0v) is 14.2. The zero-order valence-electron chi connectivity index (χ0n) is 14.2. The largest absolute Gasteiger partial charge is 0.487 e. The minimum absolute atomic E-state index is 0.105. The Balaban J connectivity index is 1.79. The lowest BCUT2D eigenvalue weighted by Crippen LogP contribution is -2.12. The van der Waals surface area contributed by atoms with Crippen LogP contribution >= 0.6 is 0 Å². The Morgan fingerprint density at radius 1 is 1.23 bits per heavy atom. The van der Waals surface area contributed by atoms with E-state index in [0.29, 0.717) is 30.0 Å². The second-order valence-electron chi connectivity index (χ2n) is 6.11. The van der Waals surface area contributed by atoms with Gasteiger partial charge in [0.25, 0.3) is 5.91 Å². The fourth-order valence-corrected chi connectivity index (χ4v) is 3.09. The Kier molecular flexibility index (Phi) is 3.90. The van der Waals surface area contributed by atoms with E-state index in [0.717, 1.165) is 22.4 Å². The van der Waals surface area contributed by atoms with Gasteiger partial charge < -0.3 is 10.1 Å². The van der Waals surface area contributed by atoms with Crippen LogP contribution in [0.25, 0.3) is 11.1 Å². The van der Waals surface area contributed by atoms with Gasteiger partial charge in [-0.3, -0.25) is 9.48 Å². The number of aromatic nitrogens is 2. The van der Waals surface area contributed by atoms with Gasteiger partial charge in [-0.05, 0) is 29.8 Å². The van der Waals surface area contributed by atoms with E-state index >= 15 is 0 Å². The molecular weight excluding hydrogens is 328 g/mol. The molecular formula is C20H16N4O2. The van der Waals surface area contributed by atoms with E-state index in [1.807, 2.05) is 49.6 Å². The maximum absolute atomic E-state index is 12.1. The molecule has 0 saturated heterocycles. The summed E-state index contributed by atoms with van der Waals surface area (Å²) in [6.07, 6.45) is 1.86. The number of nitrogens with zero attached hydrogens (tertiary/aromatic N) is 3. The summed E-state index contributed by atoms with van der Waals surface area (Å²) < 4.78 is 7.74. The van der Waals surface area contributed by atoms with E-state index in [1.165, 1.54) is 0 Å². The van der Waals surface area contributed by atoms with E-state index < -0.39 is 0 Å². The summed E-state index contributed by atoms with van der Waals surface area (Å²) in [7, 11) is 1.85. The monoisotopic (exact) mass is 344 g/mol. The summed E-state index contributed by atoms with van der Waals surface area (Å²) in [6.45, 7) is 0.789. The van der Waals surface area contributed by atoms with Gasteiger partial charge in [-0.1, -0.05) is 18.2 Å². The third-order valence-electron chi connectivity index (χ3n) is 4.37. The van der Waals surface area contributed by atoms with Crippen LogP contribution in [0.5, 0.6) is 5.75 Å². The lowest BCUT2D eigenvalue weighted by molar-refractivity contribution is 0.0966. The smallest absolute Gasteiger partial charge is 0.251 e. The van der Waals surface area contributed by atoms with Crippen LogP contribution in [0.2, 0.25) is 0 Å². The molecule has 0 bridgehead atoms. The molecule has 0 aliphatic carbocycles. The highest BCUT2D eigenvalue weighted by atomic mass is 16.5. The standard InChI is InChI=1S/C20H16N4O2/c1-24-7-6-15(23-24)12-26-19-8-14-11-22-20(25)17(14)9-18(19)16-5-3-2-4-13(16)10-21/h2-9H,11-12H2,1H3,(H,22,25). The first-order valence-corrected chi connectivity index (χ1v) is 8.21. The fourth-order valence-electron chi connectivity index (χ4n) is 3.09. The highest BCUT2D eigenvalue weighted by Crippen LogP contribution is 2.36. The Hall–Kier alpha value is -3.59. The van der Waals surface area contributed by atoms with Crippen molar-refractivity contribution in [2.45, 2.75) is 13.2 Å². The first-order chi connectivity index (χ1) is 12.7. The Morgan fingerprint density at radius 3 is 2.85 bits per heavy atom. The maximum atomic E-state index is 12.1. The first kappa shape index (κ1) is 15.9. The Labute approximate surface area is 150 Å². The summed E-state index contributed by atoms with van der Waals surface area (Å²) in [5.74, 6) is 0.528. The molecule has 0 unspecified atom stereocenters. The van der Waals surface area contributed by atoms with Gasteiger partial charge in [0.05, 0.1) is 17.3 Å². The molecule has 128 valence electrons. The van der Waals surface area contributed by atoms with Crippen LogP contribution in [0, 0.1) is 11.3 Å². The number of amides is 1. The van der Waals surface area contributed by atoms with E-state index in [9.17, 15) is 10.1 Å². The molecule has 0 fully saturated rings. The number of nitriles is 1. The van der Waals surface area contributed by atoms with Gasteiger partial charge in [-0.15, -0.1) is 0 Å².